The molecule has 0 unspecified atom stereocenters. The van der Waals surface area contributed by atoms with E-state index in [0.717, 1.165) is 40.8 Å². The van der Waals surface area contributed by atoms with Crippen molar-refractivity contribution in [2.24, 2.45) is 0 Å². The lowest BCUT2D eigenvalue weighted by molar-refractivity contribution is 0.608. The molecule has 0 spiro atoms. The van der Waals surface area contributed by atoms with Crippen molar-refractivity contribution in [1.29, 1.82) is 0 Å². The Labute approximate surface area is 119 Å². The summed E-state index contributed by atoms with van der Waals surface area (Å²) >= 11 is 3.44. The van der Waals surface area contributed by atoms with Gasteiger partial charge >= 0.3 is 0 Å². The summed E-state index contributed by atoms with van der Waals surface area (Å²) in [5.74, 6) is 0. The zero-order chi connectivity index (χ0) is 13.2. The minimum Gasteiger partial charge on any atom is -0.383 e. The van der Waals surface area contributed by atoms with Gasteiger partial charge in [-0.3, -0.25) is 4.79 Å². The average molecular weight is 320 g/mol. The monoisotopic (exact) mass is 319 g/mol. The largest absolute Gasteiger partial charge is 0.383 e. The van der Waals surface area contributed by atoms with Gasteiger partial charge in [0.1, 0.15) is 0 Å². The Bertz CT molecular complexity index is 666. The van der Waals surface area contributed by atoms with Crippen LogP contribution in [0.2, 0.25) is 0 Å². The van der Waals surface area contributed by atoms with E-state index in [1.165, 1.54) is 4.68 Å². The van der Waals surface area contributed by atoms with Gasteiger partial charge in [0.2, 0.25) is 0 Å². The van der Waals surface area contributed by atoms with E-state index in [1.54, 1.807) is 6.07 Å². The number of nitrogens with one attached hydrogen (secondary N) is 1. The number of aryl methyl sites for hydroxylation is 1. The van der Waals surface area contributed by atoms with Gasteiger partial charge in [0.25, 0.3) is 5.56 Å². The molecular weight excluding hydrogens is 306 g/mol. The number of fused-ring (bicyclic) bond motifs is 1. The van der Waals surface area contributed by atoms with E-state index >= 15 is 0 Å². The van der Waals surface area contributed by atoms with Crippen LogP contribution in [-0.2, 0) is 13.0 Å². The van der Waals surface area contributed by atoms with Gasteiger partial charge in [0.05, 0.1) is 17.9 Å². The van der Waals surface area contributed by atoms with Gasteiger partial charge in [-0.15, -0.1) is 0 Å². The summed E-state index contributed by atoms with van der Waals surface area (Å²) in [6, 6.07) is 9.59. The summed E-state index contributed by atoms with van der Waals surface area (Å²) in [5.41, 5.74) is 2.88. The first-order valence-electron chi connectivity index (χ1n) is 6.32. The number of anilines is 1. The van der Waals surface area contributed by atoms with Crippen LogP contribution in [0.1, 0.15) is 17.7 Å². The molecule has 0 saturated carbocycles. The normalized spacial score (nSPS) is 13.7. The molecular formula is C14H14BrN3O. The smallest absolute Gasteiger partial charge is 0.269 e. The maximum Gasteiger partial charge on any atom is 0.269 e. The molecule has 0 radical (unpaired) electrons. The highest BCUT2D eigenvalue weighted by Crippen LogP contribution is 2.17. The first-order chi connectivity index (χ1) is 9.22. The van der Waals surface area contributed by atoms with Gasteiger partial charge in [0, 0.05) is 17.1 Å². The van der Waals surface area contributed by atoms with E-state index in [9.17, 15) is 4.79 Å². The van der Waals surface area contributed by atoms with E-state index in [0.29, 0.717) is 6.54 Å². The minimum atomic E-state index is -0.0619. The van der Waals surface area contributed by atoms with E-state index in [4.69, 9.17) is 0 Å². The number of rotatable bonds is 2. The maximum absolute atomic E-state index is 12.0. The molecule has 0 atom stereocenters. The van der Waals surface area contributed by atoms with Crippen molar-refractivity contribution in [3.8, 4) is 0 Å². The Morgan fingerprint density at radius 2 is 2.26 bits per heavy atom. The van der Waals surface area contributed by atoms with Crippen LogP contribution in [0.3, 0.4) is 0 Å². The topological polar surface area (TPSA) is 46.9 Å². The Kier molecular flexibility index (Phi) is 3.38. The lowest BCUT2D eigenvalue weighted by Gasteiger charge is -2.17. The third-order valence-corrected chi connectivity index (χ3v) is 3.69. The molecule has 98 valence electrons. The van der Waals surface area contributed by atoms with Crippen LogP contribution >= 0.6 is 15.9 Å². The first kappa shape index (κ1) is 12.4. The Hall–Kier alpha value is -1.62. The van der Waals surface area contributed by atoms with E-state index in [1.807, 2.05) is 24.3 Å². The molecule has 0 saturated heterocycles. The number of benzene rings is 1. The van der Waals surface area contributed by atoms with Crippen molar-refractivity contribution < 1.29 is 0 Å². The van der Waals surface area contributed by atoms with Crippen molar-refractivity contribution in [1.82, 2.24) is 9.78 Å². The number of nitrogens with zero attached hydrogens (tertiary/aromatic N) is 2. The lowest BCUT2D eigenvalue weighted by atomic mass is 10.1. The highest BCUT2D eigenvalue weighted by molar-refractivity contribution is 9.10. The first-order valence-corrected chi connectivity index (χ1v) is 7.11. The highest BCUT2D eigenvalue weighted by Gasteiger charge is 2.12. The van der Waals surface area contributed by atoms with Gasteiger partial charge in [-0.25, -0.2) is 4.68 Å². The standard InChI is InChI=1S/C14H14BrN3O/c15-11-4-1-3-10(7-11)9-18-14(19)8-13-12(17-18)5-2-6-16-13/h1,3-4,7-8,16H,2,5-6,9H2. The number of hydrogen-bond donors (Lipinski definition) is 1. The second kappa shape index (κ2) is 5.17. The van der Waals surface area contributed by atoms with Crippen LogP contribution in [0.15, 0.2) is 39.6 Å². The average Bonchev–Trinajstić information content (AvgIpc) is 2.40. The molecule has 0 aliphatic carbocycles. The second-order valence-electron chi connectivity index (χ2n) is 4.66. The minimum absolute atomic E-state index is 0.0619. The Balaban J connectivity index is 1.95. The molecule has 1 aliphatic rings. The van der Waals surface area contributed by atoms with Crippen molar-refractivity contribution in [3.63, 3.8) is 0 Å². The third kappa shape index (κ3) is 2.71. The molecule has 0 bridgehead atoms. The Morgan fingerprint density at radius 3 is 3.11 bits per heavy atom. The van der Waals surface area contributed by atoms with Crippen LogP contribution in [0.4, 0.5) is 5.69 Å². The van der Waals surface area contributed by atoms with Crippen LogP contribution in [0.25, 0.3) is 0 Å². The number of hydrogen-bond acceptors (Lipinski definition) is 3. The predicted octanol–water partition coefficient (Wildman–Crippen LogP) is 2.41. The molecule has 2 heterocycles. The quantitative estimate of drug-likeness (QED) is 0.924. The molecule has 1 N–H and O–H groups in total. The third-order valence-electron chi connectivity index (χ3n) is 3.20. The highest BCUT2D eigenvalue weighted by atomic mass is 79.9. The van der Waals surface area contributed by atoms with Gasteiger partial charge in [-0.2, -0.15) is 5.10 Å². The van der Waals surface area contributed by atoms with Gasteiger partial charge in [0.15, 0.2) is 0 Å². The van der Waals surface area contributed by atoms with Gasteiger partial charge < -0.3 is 5.32 Å². The fourth-order valence-corrected chi connectivity index (χ4v) is 2.71. The number of halogens is 1. The van der Waals surface area contributed by atoms with Crippen molar-refractivity contribution >= 4 is 21.6 Å². The summed E-state index contributed by atoms with van der Waals surface area (Å²) < 4.78 is 2.55. The van der Waals surface area contributed by atoms with E-state index < -0.39 is 0 Å². The van der Waals surface area contributed by atoms with Crippen LogP contribution < -0.4 is 10.9 Å². The van der Waals surface area contributed by atoms with Crippen LogP contribution in [0.5, 0.6) is 0 Å². The molecule has 1 aromatic heterocycles. The molecule has 2 aromatic rings. The van der Waals surface area contributed by atoms with Crippen molar-refractivity contribution in [3.05, 3.63) is 56.4 Å². The van der Waals surface area contributed by atoms with Crippen LogP contribution in [0, 0.1) is 0 Å². The summed E-state index contributed by atoms with van der Waals surface area (Å²) in [5, 5.41) is 7.68. The van der Waals surface area contributed by atoms with Crippen LogP contribution in [-0.4, -0.2) is 16.3 Å². The molecule has 3 rings (SSSR count). The van der Waals surface area contributed by atoms with E-state index in [-0.39, 0.29) is 5.56 Å². The fourth-order valence-electron chi connectivity index (χ4n) is 2.27. The molecule has 1 aromatic carbocycles. The predicted molar refractivity (Wildman–Crippen MR) is 78.6 cm³/mol. The second-order valence-corrected chi connectivity index (χ2v) is 5.58. The summed E-state index contributed by atoms with van der Waals surface area (Å²) in [7, 11) is 0. The zero-order valence-electron chi connectivity index (χ0n) is 10.4. The summed E-state index contributed by atoms with van der Waals surface area (Å²) in [4.78, 5) is 12.0. The van der Waals surface area contributed by atoms with Gasteiger partial charge in [-0.05, 0) is 30.5 Å². The zero-order valence-corrected chi connectivity index (χ0v) is 12.0. The molecule has 0 amide bonds. The van der Waals surface area contributed by atoms with E-state index in [2.05, 4.69) is 26.3 Å². The number of aromatic nitrogens is 2. The molecule has 1 aliphatic heterocycles. The fraction of sp³-hybridized carbons (Fsp3) is 0.286. The summed E-state index contributed by atoms with van der Waals surface area (Å²) in [6.07, 6.45) is 2.00. The van der Waals surface area contributed by atoms with Crippen molar-refractivity contribution in [2.45, 2.75) is 19.4 Å². The molecule has 5 heteroatoms. The molecule has 0 fully saturated rings. The van der Waals surface area contributed by atoms with Crippen molar-refractivity contribution in [2.75, 3.05) is 11.9 Å². The molecule has 19 heavy (non-hydrogen) atoms. The SMILES string of the molecule is O=c1cc2c(nn1Cc1cccc(Br)c1)CCCN2. The lowest BCUT2D eigenvalue weighted by Crippen LogP contribution is -2.27. The molecule has 4 nitrogen and oxygen atoms in total. The maximum atomic E-state index is 12.0. The van der Waals surface area contributed by atoms with Gasteiger partial charge in [-0.1, -0.05) is 28.1 Å². The summed E-state index contributed by atoms with van der Waals surface area (Å²) in [6.45, 7) is 1.43. The Morgan fingerprint density at radius 1 is 1.37 bits per heavy atom.